The van der Waals surface area contributed by atoms with E-state index in [9.17, 15) is 4.79 Å². The number of nitrogens with zero attached hydrogens (tertiary/aromatic N) is 3. The van der Waals surface area contributed by atoms with E-state index in [0.717, 1.165) is 50.5 Å². The number of amides is 1. The van der Waals surface area contributed by atoms with Crippen molar-refractivity contribution in [2.24, 2.45) is 0 Å². The van der Waals surface area contributed by atoms with Gasteiger partial charge in [-0.1, -0.05) is 23.8 Å². The molecule has 0 radical (unpaired) electrons. The smallest absolute Gasteiger partial charge is 0.278 e. The number of imidazole rings is 1. The average Bonchev–Trinajstić information content (AvgIpc) is 3.19. The van der Waals surface area contributed by atoms with Gasteiger partial charge in [-0.05, 0) is 74.7 Å². The van der Waals surface area contributed by atoms with Crippen LogP contribution in [0.25, 0.3) is 22.4 Å². The largest absolute Gasteiger partial charge is 0.350 e. The van der Waals surface area contributed by atoms with Crippen LogP contribution in [0.15, 0.2) is 48.5 Å². The molecule has 1 atom stereocenters. The maximum atomic E-state index is 14.1. The number of rotatable bonds is 0. The van der Waals surface area contributed by atoms with E-state index in [-0.39, 0.29) is 5.91 Å². The number of hydrogen-bond donors (Lipinski definition) is 1. The van der Waals surface area contributed by atoms with E-state index in [0.29, 0.717) is 0 Å². The molecular weight excluding hydrogens is 384 g/mol. The van der Waals surface area contributed by atoms with Gasteiger partial charge in [-0.2, -0.15) is 0 Å². The molecule has 5 heteroatoms. The fraction of sp³-hybridized carbons (Fsp3) is 0.231. The number of anilines is 2. The first-order chi connectivity index (χ1) is 14.8. The van der Waals surface area contributed by atoms with E-state index >= 15 is 0 Å². The molecule has 0 fully saturated rings. The van der Waals surface area contributed by atoms with Crippen LogP contribution in [0.2, 0.25) is 0 Å². The minimum atomic E-state index is -1.07. The molecule has 3 aromatic carbocycles. The van der Waals surface area contributed by atoms with E-state index in [2.05, 4.69) is 67.9 Å². The highest BCUT2D eigenvalue weighted by molar-refractivity contribution is 6.12. The van der Waals surface area contributed by atoms with Crippen LogP contribution in [0.1, 0.15) is 27.8 Å². The van der Waals surface area contributed by atoms with Gasteiger partial charge in [0.25, 0.3) is 5.91 Å². The number of para-hydroxylation sites is 1. The van der Waals surface area contributed by atoms with E-state index in [1.54, 1.807) is 4.90 Å². The summed E-state index contributed by atoms with van der Waals surface area (Å²) < 4.78 is 2.13. The Morgan fingerprint density at radius 1 is 0.935 bits per heavy atom. The van der Waals surface area contributed by atoms with Gasteiger partial charge in [0.15, 0.2) is 0 Å². The molecule has 154 valence electrons. The first kappa shape index (κ1) is 18.2. The standard InChI is InChI=1S/C26H24N4O/c1-14-10-17(4)23-19(11-14)26(25(31)29(23)5)28-20-9-7-6-8-18(20)24-27-21-12-15(2)16(3)13-22(21)30(24)26/h6-13,28H,1-5H3. The van der Waals surface area contributed by atoms with E-state index in [4.69, 9.17) is 4.98 Å². The maximum Gasteiger partial charge on any atom is 0.278 e. The molecular formula is C26H24N4O. The Kier molecular flexibility index (Phi) is 3.38. The highest BCUT2D eigenvalue weighted by Crippen LogP contribution is 2.51. The Labute approximate surface area is 181 Å². The second-order valence-corrected chi connectivity index (χ2v) is 8.92. The van der Waals surface area contributed by atoms with Gasteiger partial charge in [-0.3, -0.25) is 9.36 Å². The minimum Gasteiger partial charge on any atom is -0.350 e. The van der Waals surface area contributed by atoms with Crippen LogP contribution in [0.3, 0.4) is 0 Å². The number of hydrogen-bond acceptors (Lipinski definition) is 3. The molecule has 1 N–H and O–H groups in total. The average molecular weight is 409 g/mol. The molecule has 4 aromatic rings. The third-order valence-corrected chi connectivity index (χ3v) is 6.87. The molecule has 0 aliphatic carbocycles. The van der Waals surface area contributed by atoms with Crippen LogP contribution < -0.4 is 10.2 Å². The van der Waals surface area contributed by atoms with Crippen LogP contribution in [0.5, 0.6) is 0 Å². The van der Waals surface area contributed by atoms with Crippen molar-refractivity contribution < 1.29 is 4.79 Å². The number of benzene rings is 3. The number of carbonyl (C=O) groups is 1. The summed E-state index contributed by atoms with van der Waals surface area (Å²) in [6, 6.07) is 16.7. The zero-order chi connectivity index (χ0) is 21.7. The monoisotopic (exact) mass is 408 g/mol. The first-order valence-electron chi connectivity index (χ1n) is 10.6. The zero-order valence-electron chi connectivity index (χ0n) is 18.4. The molecule has 1 aromatic heterocycles. The Morgan fingerprint density at radius 3 is 2.48 bits per heavy atom. The number of carbonyl (C=O) groups excluding carboxylic acids is 1. The highest BCUT2D eigenvalue weighted by atomic mass is 16.2. The number of fused-ring (bicyclic) bond motifs is 8. The van der Waals surface area contributed by atoms with Gasteiger partial charge in [0.05, 0.1) is 16.7 Å². The van der Waals surface area contributed by atoms with Gasteiger partial charge in [-0.15, -0.1) is 0 Å². The third-order valence-electron chi connectivity index (χ3n) is 6.87. The number of aromatic nitrogens is 2. The lowest BCUT2D eigenvalue weighted by Crippen LogP contribution is -2.52. The summed E-state index contributed by atoms with van der Waals surface area (Å²) in [7, 11) is 1.87. The van der Waals surface area contributed by atoms with Crippen molar-refractivity contribution >= 4 is 28.3 Å². The summed E-state index contributed by atoms with van der Waals surface area (Å²) in [5.74, 6) is 0.826. The van der Waals surface area contributed by atoms with Crippen molar-refractivity contribution in [3.05, 3.63) is 76.3 Å². The van der Waals surface area contributed by atoms with E-state index in [1.165, 1.54) is 11.1 Å². The molecule has 0 saturated carbocycles. The third kappa shape index (κ3) is 2.11. The fourth-order valence-electron chi connectivity index (χ4n) is 5.37. The molecule has 0 bridgehead atoms. The molecule has 1 amide bonds. The second kappa shape index (κ2) is 5.76. The summed E-state index contributed by atoms with van der Waals surface area (Å²) in [5.41, 5.74) is 9.30. The van der Waals surface area contributed by atoms with Crippen LogP contribution in [0, 0.1) is 27.7 Å². The number of nitrogens with one attached hydrogen (secondary N) is 1. The van der Waals surface area contributed by atoms with Crippen LogP contribution in [-0.4, -0.2) is 22.5 Å². The van der Waals surface area contributed by atoms with Crippen LogP contribution in [-0.2, 0) is 10.5 Å². The maximum absolute atomic E-state index is 14.1. The van der Waals surface area contributed by atoms with Gasteiger partial charge in [0.2, 0.25) is 5.66 Å². The lowest BCUT2D eigenvalue weighted by molar-refractivity contribution is -0.122. The number of aryl methyl sites for hydroxylation is 4. The highest BCUT2D eigenvalue weighted by Gasteiger charge is 2.56. The van der Waals surface area contributed by atoms with Gasteiger partial charge in [0, 0.05) is 23.9 Å². The molecule has 1 unspecified atom stereocenters. The minimum absolute atomic E-state index is 0.00415. The molecule has 2 aliphatic rings. The summed E-state index contributed by atoms with van der Waals surface area (Å²) in [6.45, 7) is 8.37. The van der Waals surface area contributed by atoms with Gasteiger partial charge in [-0.25, -0.2) is 4.98 Å². The van der Waals surface area contributed by atoms with Crippen molar-refractivity contribution in [3.8, 4) is 11.4 Å². The normalized spacial score (nSPS) is 18.9. The lowest BCUT2D eigenvalue weighted by Gasteiger charge is -2.38. The quantitative estimate of drug-likeness (QED) is 0.443. The van der Waals surface area contributed by atoms with Gasteiger partial charge < -0.3 is 10.2 Å². The van der Waals surface area contributed by atoms with E-state index < -0.39 is 5.66 Å². The second-order valence-electron chi connectivity index (χ2n) is 8.92. The number of likely N-dealkylation sites (N-methyl/N-ethyl adjacent to an activating group) is 1. The van der Waals surface area contributed by atoms with E-state index in [1.807, 2.05) is 25.2 Å². The first-order valence-corrected chi connectivity index (χ1v) is 10.6. The summed E-state index contributed by atoms with van der Waals surface area (Å²) in [4.78, 5) is 20.9. The van der Waals surface area contributed by atoms with Crippen molar-refractivity contribution in [1.29, 1.82) is 0 Å². The Hall–Kier alpha value is -3.60. The Balaban J connectivity index is 1.82. The van der Waals surface area contributed by atoms with Crippen molar-refractivity contribution in [2.75, 3.05) is 17.3 Å². The molecule has 0 saturated heterocycles. The van der Waals surface area contributed by atoms with Crippen molar-refractivity contribution in [2.45, 2.75) is 33.4 Å². The lowest BCUT2D eigenvalue weighted by atomic mass is 9.92. The van der Waals surface area contributed by atoms with Crippen LogP contribution >= 0.6 is 0 Å². The summed E-state index contributed by atoms with van der Waals surface area (Å²) >= 11 is 0. The summed E-state index contributed by atoms with van der Waals surface area (Å²) in [6.07, 6.45) is 0. The molecule has 31 heavy (non-hydrogen) atoms. The Morgan fingerprint density at radius 2 is 1.68 bits per heavy atom. The predicted molar refractivity (Wildman–Crippen MR) is 125 cm³/mol. The van der Waals surface area contributed by atoms with Crippen LogP contribution in [0.4, 0.5) is 11.4 Å². The SMILES string of the molecule is Cc1cc(C)c2c(c1)C1(Nc3ccccc3-c3nc4cc(C)c(C)cc4n31)C(=O)N2C. The van der Waals surface area contributed by atoms with Crippen molar-refractivity contribution in [1.82, 2.24) is 9.55 Å². The molecule has 5 nitrogen and oxygen atoms in total. The Bertz CT molecular complexity index is 1450. The molecule has 1 spiro atoms. The molecule has 6 rings (SSSR count). The molecule has 2 aliphatic heterocycles. The summed E-state index contributed by atoms with van der Waals surface area (Å²) in [5, 5.41) is 3.66. The fourth-order valence-corrected chi connectivity index (χ4v) is 5.37. The zero-order valence-corrected chi connectivity index (χ0v) is 18.4. The van der Waals surface area contributed by atoms with Gasteiger partial charge in [0.1, 0.15) is 5.82 Å². The molecule has 3 heterocycles. The van der Waals surface area contributed by atoms with Crippen molar-refractivity contribution in [3.63, 3.8) is 0 Å². The predicted octanol–water partition coefficient (Wildman–Crippen LogP) is 5.04. The van der Waals surface area contributed by atoms with Gasteiger partial charge >= 0.3 is 0 Å². The topological polar surface area (TPSA) is 50.2 Å².